The van der Waals surface area contributed by atoms with Crippen molar-refractivity contribution in [2.45, 2.75) is 25.4 Å². The molecule has 0 spiro atoms. The number of carbonyl (C=O) groups is 2. The Kier molecular flexibility index (Phi) is 4.71. The lowest BCUT2D eigenvalue weighted by Gasteiger charge is -2.16. The third kappa shape index (κ3) is 3.51. The molecule has 2 aromatic carbocycles. The van der Waals surface area contributed by atoms with Crippen molar-refractivity contribution in [2.24, 2.45) is 0 Å². The Hall–Kier alpha value is -2.14. The van der Waals surface area contributed by atoms with Crippen molar-refractivity contribution in [3.63, 3.8) is 0 Å². The van der Waals surface area contributed by atoms with Gasteiger partial charge in [0, 0.05) is 28.4 Å². The molecule has 0 N–H and O–H groups in total. The van der Waals surface area contributed by atoms with E-state index in [0.717, 1.165) is 4.47 Å². The van der Waals surface area contributed by atoms with Crippen LogP contribution in [-0.2, 0) is 9.53 Å². The van der Waals surface area contributed by atoms with Crippen LogP contribution in [0.25, 0.3) is 0 Å². The summed E-state index contributed by atoms with van der Waals surface area (Å²) in [4.78, 5) is 24.3. The predicted molar refractivity (Wildman–Crippen MR) is 93.2 cm³/mol. The highest BCUT2D eigenvalue weighted by Crippen LogP contribution is 2.41. The molecule has 3 rings (SSSR count). The van der Waals surface area contributed by atoms with Gasteiger partial charge in [0.15, 0.2) is 5.78 Å². The summed E-state index contributed by atoms with van der Waals surface area (Å²) in [5, 5.41) is 0. The van der Waals surface area contributed by atoms with Crippen LogP contribution in [0.5, 0.6) is 5.75 Å². The maximum absolute atomic E-state index is 12.4. The lowest BCUT2D eigenvalue weighted by atomic mass is 10.0. The molecule has 1 saturated carbocycles. The molecule has 24 heavy (non-hydrogen) atoms. The Balaban J connectivity index is 1.71. The molecular weight excluding hydrogens is 372 g/mol. The van der Waals surface area contributed by atoms with Gasteiger partial charge in [0.05, 0.1) is 6.61 Å². The van der Waals surface area contributed by atoms with Gasteiger partial charge in [0.1, 0.15) is 5.75 Å². The van der Waals surface area contributed by atoms with Crippen LogP contribution in [0, 0.1) is 0 Å². The normalized spacial score (nSPS) is 14.8. The highest BCUT2D eigenvalue weighted by Gasteiger charge is 2.54. The molecule has 0 radical (unpaired) electrons. The summed E-state index contributed by atoms with van der Waals surface area (Å²) in [6, 6.07) is 14.1. The predicted octanol–water partition coefficient (Wildman–Crippen LogP) is 4.15. The zero-order valence-electron chi connectivity index (χ0n) is 13.3. The maximum Gasteiger partial charge on any atom is 0.350 e. The summed E-state index contributed by atoms with van der Waals surface area (Å²) in [6.45, 7) is 2.11. The number of carbonyl (C=O) groups excluding carboxylic acids is 2. The van der Waals surface area contributed by atoms with E-state index < -0.39 is 5.60 Å². The van der Waals surface area contributed by atoms with Gasteiger partial charge >= 0.3 is 5.97 Å². The molecule has 0 atom stereocenters. The number of ether oxygens (including phenoxy) is 2. The van der Waals surface area contributed by atoms with Gasteiger partial charge in [-0.3, -0.25) is 4.79 Å². The molecule has 1 fully saturated rings. The average molecular weight is 389 g/mol. The Labute approximate surface area is 148 Å². The highest BCUT2D eigenvalue weighted by molar-refractivity contribution is 9.10. The van der Waals surface area contributed by atoms with Gasteiger partial charge in [-0.05, 0) is 55.5 Å². The minimum atomic E-state index is -0.840. The topological polar surface area (TPSA) is 52.6 Å². The summed E-state index contributed by atoms with van der Waals surface area (Å²) in [5.74, 6) is 0.188. The van der Waals surface area contributed by atoms with Crippen LogP contribution in [0.1, 0.15) is 35.7 Å². The molecule has 2 aromatic rings. The fourth-order valence-electron chi connectivity index (χ4n) is 2.39. The van der Waals surface area contributed by atoms with Gasteiger partial charge in [-0.25, -0.2) is 4.79 Å². The summed E-state index contributed by atoms with van der Waals surface area (Å²) < 4.78 is 11.8. The first-order chi connectivity index (χ1) is 11.5. The number of hydrogen-bond acceptors (Lipinski definition) is 4. The minimum Gasteiger partial charge on any atom is -0.476 e. The zero-order chi connectivity index (χ0) is 17.2. The van der Waals surface area contributed by atoms with Gasteiger partial charge < -0.3 is 9.47 Å². The van der Waals surface area contributed by atoms with Crippen LogP contribution in [0.3, 0.4) is 0 Å². The first-order valence-corrected chi connectivity index (χ1v) is 8.60. The minimum absolute atomic E-state index is 0.0550. The first kappa shape index (κ1) is 16.7. The maximum atomic E-state index is 12.4. The molecule has 0 aromatic heterocycles. The van der Waals surface area contributed by atoms with Crippen LogP contribution in [0.4, 0.5) is 0 Å². The lowest BCUT2D eigenvalue weighted by Crippen LogP contribution is -2.31. The number of rotatable bonds is 6. The molecule has 0 saturated heterocycles. The number of esters is 1. The number of halogens is 1. The van der Waals surface area contributed by atoms with E-state index in [1.807, 2.05) is 12.1 Å². The van der Waals surface area contributed by atoms with E-state index in [9.17, 15) is 9.59 Å². The van der Waals surface area contributed by atoms with Crippen LogP contribution < -0.4 is 4.74 Å². The summed E-state index contributed by atoms with van der Waals surface area (Å²) in [7, 11) is 0. The second-order valence-electron chi connectivity index (χ2n) is 5.68. The van der Waals surface area contributed by atoms with Crippen LogP contribution in [0.15, 0.2) is 53.0 Å². The third-order valence-corrected chi connectivity index (χ3v) is 4.42. The van der Waals surface area contributed by atoms with E-state index in [-0.39, 0.29) is 11.8 Å². The van der Waals surface area contributed by atoms with Crippen molar-refractivity contribution in [1.29, 1.82) is 0 Å². The van der Waals surface area contributed by atoms with Gasteiger partial charge in [0.2, 0.25) is 5.60 Å². The van der Waals surface area contributed by atoms with Crippen molar-refractivity contribution in [1.82, 2.24) is 0 Å². The largest absolute Gasteiger partial charge is 0.476 e. The molecule has 0 bridgehead atoms. The van der Waals surface area contributed by atoms with E-state index in [0.29, 0.717) is 36.3 Å². The zero-order valence-corrected chi connectivity index (χ0v) is 14.8. The number of benzene rings is 2. The van der Waals surface area contributed by atoms with Gasteiger partial charge in [-0.2, -0.15) is 0 Å². The van der Waals surface area contributed by atoms with E-state index in [4.69, 9.17) is 9.47 Å². The molecule has 4 nitrogen and oxygen atoms in total. The van der Waals surface area contributed by atoms with Crippen molar-refractivity contribution >= 4 is 27.7 Å². The molecule has 1 aliphatic carbocycles. The Morgan fingerprint density at radius 3 is 2.04 bits per heavy atom. The average Bonchev–Trinajstić information content (AvgIpc) is 3.37. The van der Waals surface area contributed by atoms with Crippen LogP contribution >= 0.6 is 15.9 Å². The molecule has 0 heterocycles. The quantitative estimate of drug-likeness (QED) is 0.550. The molecule has 1 aliphatic rings. The second-order valence-corrected chi connectivity index (χ2v) is 6.59. The van der Waals surface area contributed by atoms with Crippen molar-refractivity contribution < 1.29 is 19.1 Å². The molecule has 0 amide bonds. The number of ketones is 1. The van der Waals surface area contributed by atoms with Gasteiger partial charge in [-0.15, -0.1) is 0 Å². The first-order valence-electron chi connectivity index (χ1n) is 7.81. The molecule has 0 aliphatic heterocycles. The van der Waals surface area contributed by atoms with Crippen LogP contribution in [-0.4, -0.2) is 24.0 Å². The van der Waals surface area contributed by atoms with E-state index in [2.05, 4.69) is 15.9 Å². The Morgan fingerprint density at radius 2 is 1.54 bits per heavy atom. The number of hydrogen-bond donors (Lipinski definition) is 0. The Morgan fingerprint density at radius 1 is 1.00 bits per heavy atom. The fourth-order valence-corrected chi connectivity index (χ4v) is 2.66. The van der Waals surface area contributed by atoms with Crippen molar-refractivity contribution in [3.8, 4) is 5.75 Å². The van der Waals surface area contributed by atoms with Crippen LogP contribution in [0.2, 0.25) is 0 Å². The molecule has 5 heteroatoms. The third-order valence-electron chi connectivity index (χ3n) is 3.89. The van der Waals surface area contributed by atoms with Crippen molar-refractivity contribution in [2.75, 3.05) is 6.61 Å². The van der Waals surface area contributed by atoms with Gasteiger partial charge in [-0.1, -0.05) is 15.9 Å². The van der Waals surface area contributed by atoms with E-state index in [1.54, 1.807) is 43.3 Å². The highest BCUT2D eigenvalue weighted by atomic mass is 79.9. The summed E-state index contributed by atoms with van der Waals surface area (Å²) in [6.07, 6.45) is 1.32. The monoisotopic (exact) mass is 388 g/mol. The fraction of sp³-hybridized carbons (Fsp3) is 0.263. The SMILES string of the molecule is CCOC(=O)C1(Oc2ccc(C(=O)c3ccc(Br)cc3)cc2)CC1. The van der Waals surface area contributed by atoms with Crippen molar-refractivity contribution in [3.05, 3.63) is 64.1 Å². The summed E-state index contributed by atoms with van der Waals surface area (Å²) in [5.41, 5.74) is 0.357. The van der Waals surface area contributed by atoms with E-state index in [1.165, 1.54) is 0 Å². The summed E-state index contributed by atoms with van der Waals surface area (Å²) >= 11 is 3.35. The van der Waals surface area contributed by atoms with E-state index >= 15 is 0 Å². The Bertz CT molecular complexity index is 746. The molecule has 0 unspecified atom stereocenters. The smallest absolute Gasteiger partial charge is 0.350 e. The van der Waals surface area contributed by atoms with Gasteiger partial charge in [0.25, 0.3) is 0 Å². The molecular formula is C19H17BrO4. The molecule has 124 valence electrons. The standard InChI is InChI=1S/C19H17BrO4/c1-2-23-18(22)19(11-12-19)24-16-9-5-14(6-10-16)17(21)13-3-7-15(20)8-4-13/h3-10H,2,11-12H2,1H3. The lowest BCUT2D eigenvalue weighted by molar-refractivity contribution is -0.153. The second kappa shape index (κ2) is 6.77.